The van der Waals surface area contributed by atoms with Gasteiger partial charge in [-0.2, -0.15) is 4.98 Å². The molecule has 2 fully saturated rings. The van der Waals surface area contributed by atoms with Crippen molar-refractivity contribution in [2.75, 3.05) is 20.1 Å². The molecule has 1 aromatic heterocycles. The number of rotatable bonds is 5. The number of benzene rings is 1. The van der Waals surface area contributed by atoms with E-state index in [-0.39, 0.29) is 24.0 Å². The molecule has 0 spiro atoms. The molecule has 0 amide bonds. The molecule has 0 atom stereocenters. The SMILES string of the molecule is CN=C(NCc1nc(-c2cccc(Cl)c2)no1)NC1CCN(C2CC2)CC1.I. The standard InChI is InChI=1S/C19H25ClN6O.HI/c1-21-19(23-15-7-9-26(10-8-15)16-5-6-16)22-12-17-24-18(25-27-17)13-3-2-4-14(20)11-13;/h2-4,11,15-16H,5-10,12H2,1H3,(H2,21,22,23);1H. The minimum Gasteiger partial charge on any atom is -0.354 e. The van der Waals surface area contributed by atoms with Crippen LogP contribution < -0.4 is 10.6 Å². The van der Waals surface area contributed by atoms with Crippen molar-refractivity contribution in [2.24, 2.45) is 4.99 Å². The summed E-state index contributed by atoms with van der Waals surface area (Å²) in [5.41, 5.74) is 0.836. The summed E-state index contributed by atoms with van der Waals surface area (Å²) in [6, 6.07) is 8.72. The number of aliphatic imine (C=N–C) groups is 1. The molecule has 2 heterocycles. The first-order chi connectivity index (χ1) is 13.2. The van der Waals surface area contributed by atoms with Crippen LogP contribution in [0.2, 0.25) is 5.02 Å². The molecular formula is C19H26ClIN6O. The van der Waals surface area contributed by atoms with Crippen LogP contribution in [0.1, 0.15) is 31.6 Å². The van der Waals surface area contributed by atoms with Gasteiger partial charge in [-0.1, -0.05) is 28.9 Å². The van der Waals surface area contributed by atoms with E-state index in [9.17, 15) is 0 Å². The van der Waals surface area contributed by atoms with E-state index in [2.05, 4.69) is 30.7 Å². The van der Waals surface area contributed by atoms with Gasteiger partial charge >= 0.3 is 0 Å². The van der Waals surface area contributed by atoms with Crippen LogP contribution >= 0.6 is 35.6 Å². The molecule has 152 valence electrons. The van der Waals surface area contributed by atoms with E-state index in [4.69, 9.17) is 16.1 Å². The van der Waals surface area contributed by atoms with E-state index >= 15 is 0 Å². The number of halogens is 2. The molecule has 1 aliphatic heterocycles. The van der Waals surface area contributed by atoms with E-state index in [0.717, 1.165) is 30.4 Å². The van der Waals surface area contributed by atoms with Crippen LogP contribution in [0.4, 0.5) is 0 Å². The maximum atomic E-state index is 6.02. The molecule has 1 saturated carbocycles. The summed E-state index contributed by atoms with van der Waals surface area (Å²) in [6.07, 6.45) is 5.05. The Kier molecular flexibility index (Phi) is 7.53. The van der Waals surface area contributed by atoms with Gasteiger partial charge in [-0.05, 0) is 37.8 Å². The predicted octanol–water partition coefficient (Wildman–Crippen LogP) is 3.30. The molecule has 0 unspecified atom stereocenters. The molecule has 1 aromatic carbocycles. The van der Waals surface area contributed by atoms with Crippen molar-refractivity contribution in [2.45, 2.75) is 44.3 Å². The zero-order valence-electron chi connectivity index (χ0n) is 15.9. The Bertz CT molecular complexity index is 801. The summed E-state index contributed by atoms with van der Waals surface area (Å²) in [5.74, 6) is 1.81. The van der Waals surface area contributed by atoms with E-state index in [1.165, 1.54) is 25.9 Å². The van der Waals surface area contributed by atoms with Crippen molar-refractivity contribution in [3.63, 3.8) is 0 Å². The maximum Gasteiger partial charge on any atom is 0.246 e. The number of piperidine rings is 1. The maximum absolute atomic E-state index is 6.02. The van der Waals surface area contributed by atoms with Gasteiger partial charge in [0.1, 0.15) is 0 Å². The number of nitrogens with zero attached hydrogens (tertiary/aromatic N) is 4. The first-order valence-corrected chi connectivity index (χ1v) is 9.89. The number of likely N-dealkylation sites (tertiary alicyclic amines) is 1. The number of hydrogen-bond donors (Lipinski definition) is 2. The van der Waals surface area contributed by atoms with Gasteiger partial charge in [0.05, 0.1) is 6.54 Å². The number of guanidine groups is 1. The summed E-state index contributed by atoms with van der Waals surface area (Å²) in [5, 5.41) is 11.4. The lowest BCUT2D eigenvalue weighted by atomic mass is 10.1. The molecule has 9 heteroatoms. The van der Waals surface area contributed by atoms with E-state index < -0.39 is 0 Å². The summed E-state index contributed by atoms with van der Waals surface area (Å²) in [6.45, 7) is 2.77. The second-order valence-corrected chi connectivity index (χ2v) is 7.57. The van der Waals surface area contributed by atoms with E-state index in [1.807, 2.05) is 24.3 Å². The second-order valence-electron chi connectivity index (χ2n) is 7.13. The van der Waals surface area contributed by atoms with Gasteiger partial charge in [0.2, 0.25) is 11.7 Å². The number of aromatic nitrogens is 2. The van der Waals surface area contributed by atoms with E-state index in [1.54, 1.807) is 7.05 Å². The summed E-state index contributed by atoms with van der Waals surface area (Å²) < 4.78 is 5.34. The highest BCUT2D eigenvalue weighted by atomic mass is 127. The minimum atomic E-state index is 0. The Morgan fingerprint density at radius 2 is 2.07 bits per heavy atom. The Morgan fingerprint density at radius 1 is 1.29 bits per heavy atom. The summed E-state index contributed by atoms with van der Waals surface area (Å²) in [4.78, 5) is 11.4. The van der Waals surface area contributed by atoms with Gasteiger partial charge in [0.25, 0.3) is 0 Å². The highest BCUT2D eigenvalue weighted by Gasteiger charge is 2.31. The lowest BCUT2D eigenvalue weighted by Gasteiger charge is -2.33. The fraction of sp³-hybridized carbons (Fsp3) is 0.526. The molecular weight excluding hydrogens is 491 g/mol. The lowest BCUT2D eigenvalue weighted by molar-refractivity contribution is 0.197. The second kappa shape index (κ2) is 9.89. The molecule has 4 rings (SSSR count). The predicted molar refractivity (Wildman–Crippen MR) is 121 cm³/mol. The highest BCUT2D eigenvalue weighted by Crippen LogP contribution is 2.29. The normalized spacial score (nSPS) is 18.6. The highest BCUT2D eigenvalue weighted by molar-refractivity contribution is 14.0. The average molecular weight is 517 g/mol. The minimum absolute atomic E-state index is 0. The first-order valence-electron chi connectivity index (χ1n) is 9.51. The van der Waals surface area contributed by atoms with Crippen molar-refractivity contribution < 1.29 is 4.52 Å². The zero-order chi connectivity index (χ0) is 18.6. The quantitative estimate of drug-likeness (QED) is 0.361. The van der Waals surface area contributed by atoms with Crippen molar-refractivity contribution >= 4 is 41.5 Å². The van der Waals surface area contributed by atoms with Crippen LogP contribution in [0, 0.1) is 0 Å². The lowest BCUT2D eigenvalue weighted by Crippen LogP contribution is -2.48. The molecule has 0 bridgehead atoms. The summed E-state index contributed by atoms with van der Waals surface area (Å²) in [7, 11) is 1.78. The third kappa shape index (κ3) is 5.57. The van der Waals surface area contributed by atoms with Gasteiger partial charge in [0.15, 0.2) is 5.96 Å². The fourth-order valence-corrected chi connectivity index (χ4v) is 3.66. The van der Waals surface area contributed by atoms with Gasteiger partial charge in [-0.3, -0.25) is 4.99 Å². The monoisotopic (exact) mass is 516 g/mol. The van der Waals surface area contributed by atoms with Gasteiger partial charge < -0.3 is 20.1 Å². The Balaban J connectivity index is 0.00000225. The van der Waals surface area contributed by atoms with Gasteiger partial charge in [0, 0.05) is 42.8 Å². The zero-order valence-corrected chi connectivity index (χ0v) is 19.0. The smallest absolute Gasteiger partial charge is 0.246 e. The molecule has 1 aliphatic carbocycles. The molecule has 0 radical (unpaired) electrons. The van der Waals surface area contributed by atoms with Gasteiger partial charge in [-0.15, -0.1) is 24.0 Å². The summed E-state index contributed by atoms with van der Waals surface area (Å²) >= 11 is 6.02. The molecule has 28 heavy (non-hydrogen) atoms. The molecule has 2 aliphatic rings. The topological polar surface area (TPSA) is 78.6 Å². The van der Waals surface area contributed by atoms with Crippen LogP contribution in [-0.2, 0) is 6.54 Å². The van der Waals surface area contributed by atoms with Crippen molar-refractivity contribution in [1.29, 1.82) is 0 Å². The fourth-order valence-electron chi connectivity index (χ4n) is 3.47. The molecule has 7 nitrogen and oxygen atoms in total. The average Bonchev–Trinajstić information content (AvgIpc) is 3.43. The number of hydrogen-bond acceptors (Lipinski definition) is 5. The molecule has 2 aromatic rings. The van der Waals surface area contributed by atoms with Crippen LogP contribution in [0.25, 0.3) is 11.4 Å². The first kappa shape index (κ1) is 21.3. The number of nitrogens with one attached hydrogen (secondary N) is 2. The van der Waals surface area contributed by atoms with Crippen molar-refractivity contribution in [1.82, 2.24) is 25.7 Å². The largest absolute Gasteiger partial charge is 0.354 e. The van der Waals surface area contributed by atoms with Crippen LogP contribution in [0.5, 0.6) is 0 Å². The van der Waals surface area contributed by atoms with Crippen molar-refractivity contribution in [3.05, 3.63) is 35.2 Å². The van der Waals surface area contributed by atoms with Crippen LogP contribution in [0.15, 0.2) is 33.8 Å². The van der Waals surface area contributed by atoms with E-state index in [0.29, 0.717) is 29.3 Å². The molecule has 2 N–H and O–H groups in total. The van der Waals surface area contributed by atoms with Crippen molar-refractivity contribution in [3.8, 4) is 11.4 Å². The third-order valence-electron chi connectivity index (χ3n) is 5.12. The Hall–Kier alpha value is -1.39. The molecule has 1 saturated heterocycles. The Morgan fingerprint density at radius 3 is 2.75 bits per heavy atom. The third-order valence-corrected chi connectivity index (χ3v) is 5.35. The van der Waals surface area contributed by atoms with Crippen LogP contribution in [0.3, 0.4) is 0 Å². The Labute approximate surface area is 187 Å². The van der Waals surface area contributed by atoms with Gasteiger partial charge in [-0.25, -0.2) is 0 Å². The van der Waals surface area contributed by atoms with Crippen LogP contribution in [-0.4, -0.2) is 53.2 Å².